The third-order valence-electron chi connectivity index (χ3n) is 20.0. The molecule has 0 aromatic rings. The van der Waals surface area contributed by atoms with Crippen LogP contribution >= 0.6 is 45.4 Å². The second kappa shape index (κ2) is 60.1. The second-order valence-electron chi connectivity index (χ2n) is 29.8. The Labute approximate surface area is 717 Å². The van der Waals surface area contributed by atoms with E-state index in [0.717, 1.165) is 103 Å². The van der Waals surface area contributed by atoms with Gasteiger partial charge >= 0.3 is 7.60 Å². The molecule has 9 saturated heterocycles. The Morgan fingerprint density at radius 1 is 0.370 bits per heavy atom. The minimum Gasteiger partial charge on any atom is -0.780 e. The number of nitrogens with one attached hydrogen (secondary N) is 2. The van der Waals surface area contributed by atoms with E-state index in [1.807, 2.05) is 0 Å². The molecule has 0 amide bonds. The maximum atomic E-state index is 10.1. The summed E-state index contributed by atoms with van der Waals surface area (Å²) in [6, 6.07) is -1.97. The van der Waals surface area contributed by atoms with Crippen LogP contribution in [-0.2, 0) is 120 Å². The standard InChI is InChI=1S/C20H33B3O6.3C13H22B2O4.C3H12N2O6P2.CH5O3P.H4NO3P.H3O4P.H3O3PS/c1-24-8-15-11(6-18(21)27-15)4-13-14(20(23)29-17(13)10-26-3)5-12-7-19(22)28-16(12)9-25-2;1-16-6-10-8(4-12(14)18-10)3-9-5-13(15)19-11(9)7-17-2;1-16-7-9-5-8(13(15)18-9)3-4-10-11(17-2)6-12(14)19-10;1-16-7-11-8(5-12(14)19-11)3-4-9-10(17-2)6-13(15)18-9;6-12(7,8)4-2-1-3-5-13(9,10)11;3*1-5(2,3)4;1-4(2,3)5/h11-20H,4-10H2,1-3H3;3*8-13H,3-7H2,1-2H3;1-3H2,(H3,4,6,7,8)(H3,5,9,10,11);1H3,(H2,2,3,4);(H4,1,2,3,4);(H3,1,2,3,4);(H3,1,2,3,5)/p-5. The highest BCUT2D eigenvalue weighted by molar-refractivity contribution is 8.05. The molecule has 0 saturated carbocycles. The van der Waals surface area contributed by atoms with Gasteiger partial charge in [0, 0.05) is 138 Å². The largest absolute Gasteiger partial charge is 0.780 e. The van der Waals surface area contributed by atoms with Gasteiger partial charge in [-0.3, -0.25) is 38.5 Å². The van der Waals surface area contributed by atoms with Gasteiger partial charge in [0.25, 0.3) is 7.82 Å². The summed E-state index contributed by atoms with van der Waals surface area (Å²) in [5.41, 5.74) is 3.91. The molecule has 0 bridgehead atoms. The van der Waals surface area contributed by atoms with Crippen LogP contribution in [0, 0.1) is 47.3 Å². The van der Waals surface area contributed by atoms with Gasteiger partial charge in [-0.1, -0.05) is 11.8 Å². The van der Waals surface area contributed by atoms with Gasteiger partial charge in [-0.2, -0.15) is 0 Å². The van der Waals surface area contributed by atoms with Gasteiger partial charge in [-0.25, -0.2) is 0 Å². The Kier molecular flexibility index (Phi) is 59.6. The van der Waals surface area contributed by atoms with Crippen LogP contribution in [0.1, 0.15) is 103 Å². The van der Waals surface area contributed by atoms with Crippen LogP contribution < -0.4 is 40.1 Å². The fourth-order valence-corrected chi connectivity index (χ4v) is 16.3. The molecule has 13 N–H and O–H groups in total. The van der Waals surface area contributed by atoms with Gasteiger partial charge in [0.15, 0.2) is 7.75 Å². The summed E-state index contributed by atoms with van der Waals surface area (Å²) in [6.45, 7) is 0.563. The van der Waals surface area contributed by atoms with Crippen molar-refractivity contribution in [1.29, 1.82) is 0 Å². The number of hydrogen-bond donors (Lipinski definition) is 12. The molecule has 31 unspecified atom stereocenters. The molecule has 9 heterocycles. The van der Waals surface area contributed by atoms with Crippen LogP contribution in [0.25, 0.3) is 0 Å². The van der Waals surface area contributed by atoms with Crippen LogP contribution in [0.4, 0.5) is 0 Å². The van der Waals surface area contributed by atoms with Crippen molar-refractivity contribution < 1.29 is 177 Å². The lowest BCUT2D eigenvalue weighted by molar-refractivity contribution is -0.214. The lowest BCUT2D eigenvalue weighted by atomic mass is 9.69. The second-order valence-corrected chi connectivity index (χ2v) is 38.7. The van der Waals surface area contributed by atoms with E-state index in [0.29, 0.717) is 81.8 Å². The predicted octanol–water partition coefficient (Wildman–Crippen LogP) is -5.01. The van der Waals surface area contributed by atoms with Gasteiger partial charge in [0.05, 0.1) is 113 Å². The quantitative estimate of drug-likeness (QED) is 0.0163. The Bertz CT molecular complexity index is 2830. The van der Waals surface area contributed by atoms with Crippen molar-refractivity contribution in [2.75, 3.05) is 130 Å². The van der Waals surface area contributed by atoms with Crippen molar-refractivity contribution in [2.24, 2.45) is 52.8 Å². The van der Waals surface area contributed by atoms with E-state index >= 15 is 0 Å². The minimum atomic E-state index is -4.89. The number of rotatable bonds is 34. The molecule has 119 heavy (non-hydrogen) atoms. The molecule has 9 rings (SSSR count). The molecule has 18 radical (unpaired) electrons. The zero-order valence-electron chi connectivity index (χ0n) is 69.2. The van der Waals surface area contributed by atoms with Crippen LogP contribution in [0.2, 0.25) is 0 Å². The fraction of sp³-hybridized carbons (Fsp3) is 1.00. The summed E-state index contributed by atoms with van der Waals surface area (Å²) in [7, 11) is 47.1. The lowest BCUT2D eigenvalue weighted by Gasteiger charge is -2.30. The van der Waals surface area contributed by atoms with Crippen molar-refractivity contribution in [2.45, 2.75) is 224 Å². The van der Waals surface area contributed by atoms with E-state index in [4.69, 9.17) is 224 Å². The SMILES string of the molecule is CP(=O)(O)O.NP(=O)([O-])O.O=P([O-])(O)NCCCNP(=O)([O-])O.O=P([O-])(O)O.[B]C1CC(CC2C([B])OC(COC)C2CC2CC([B])OC2COC)C(COC)O1.[B]C1CC(CC2CC([B])OC2COC)C(COC)O1.[B]C1CC(CCC2OC([B])CC2OC)C(COC)O1.[B]C1CC(OC)C(CCC2CC(COC)OC2[B])O1.[O-]P(O)(O)=S. The normalized spacial score (nSPS) is 36.2. The number of methoxy groups -OCH3 is 9. The average Bonchev–Trinajstić information content (AvgIpc) is 1.64. The molecule has 0 spiro atoms. The topological polar surface area (TPSA) is 599 Å². The average molecular weight is 1830 g/mol. The molecule has 9 aliphatic heterocycles. The van der Waals surface area contributed by atoms with Crippen LogP contribution in [0.3, 0.4) is 0 Å². The minimum absolute atomic E-state index is 0.000135. The van der Waals surface area contributed by atoms with Gasteiger partial charge < -0.3 is 154 Å². The molecular formula is C63H121B9N3O37P6S-5. The predicted molar refractivity (Wildman–Crippen MR) is 435 cm³/mol. The van der Waals surface area contributed by atoms with Gasteiger partial charge in [-0.05, 0) is 150 Å². The molecular weight excluding hydrogens is 1710 g/mol. The molecule has 31 atom stereocenters. The summed E-state index contributed by atoms with van der Waals surface area (Å²) < 4.78 is 147. The van der Waals surface area contributed by atoms with E-state index in [1.165, 1.54) is 0 Å². The number of hydrogen-bond acceptors (Lipinski definition) is 29. The highest BCUT2D eigenvalue weighted by Crippen LogP contribution is 2.46. The van der Waals surface area contributed by atoms with E-state index in [1.54, 1.807) is 74.2 Å². The Balaban J connectivity index is 0.000000713. The van der Waals surface area contributed by atoms with Crippen molar-refractivity contribution in [3.8, 4) is 0 Å². The molecule has 0 aliphatic carbocycles. The molecule has 0 aromatic carbocycles. The summed E-state index contributed by atoms with van der Waals surface area (Å²) in [5, 5.41) is 3.50. The molecule has 56 heteroatoms. The highest BCUT2D eigenvalue weighted by atomic mass is 32.5. The van der Waals surface area contributed by atoms with Crippen LogP contribution in [-0.4, -0.2) is 366 Å². The summed E-state index contributed by atoms with van der Waals surface area (Å²) in [5.74, 6) is 2.65. The maximum Gasteiger partial charge on any atom is 0.322 e. The number of ether oxygens (including phenoxy) is 18. The van der Waals surface area contributed by atoms with E-state index < -0.39 is 45.4 Å². The van der Waals surface area contributed by atoms with E-state index in [2.05, 4.69) is 17.3 Å². The first-order valence-electron chi connectivity index (χ1n) is 38.2. The Hall–Kier alpha value is 0.984. The first kappa shape index (κ1) is 118. The first-order valence-corrected chi connectivity index (χ1v) is 49.2. The number of nitrogens with two attached hydrogens (primary N) is 1. The maximum absolute atomic E-state index is 10.1. The van der Waals surface area contributed by atoms with Gasteiger partial charge in [0.1, 0.15) is 77.3 Å². The lowest BCUT2D eigenvalue weighted by Crippen LogP contribution is -2.33. The van der Waals surface area contributed by atoms with Gasteiger partial charge in [0.2, 0.25) is 15.5 Å². The zero-order valence-corrected chi connectivity index (χ0v) is 75.3. The Morgan fingerprint density at radius 3 is 0.933 bits per heavy atom. The summed E-state index contributed by atoms with van der Waals surface area (Å²) in [4.78, 5) is 115. The van der Waals surface area contributed by atoms with Crippen LogP contribution in [0.15, 0.2) is 0 Å². The van der Waals surface area contributed by atoms with E-state index in [9.17, 15) is 23.5 Å². The third-order valence-corrected chi connectivity index (χ3v) is 21.2. The zero-order chi connectivity index (χ0) is 91.0. The summed E-state index contributed by atoms with van der Waals surface area (Å²) in [6.07, 6.45) is 14.2. The highest BCUT2D eigenvalue weighted by Gasteiger charge is 2.48. The molecule has 9 fully saturated rings. The first-order chi connectivity index (χ1) is 55.1. The fourth-order valence-electron chi connectivity index (χ4n) is 15.4. The van der Waals surface area contributed by atoms with Crippen molar-refractivity contribution in [3.63, 3.8) is 0 Å². The molecule has 0 aromatic heterocycles. The molecule has 40 nitrogen and oxygen atoms in total. The smallest absolute Gasteiger partial charge is 0.322 e. The third kappa shape index (κ3) is 56.4. The summed E-state index contributed by atoms with van der Waals surface area (Å²) >= 11 is 3.49. The van der Waals surface area contributed by atoms with Crippen molar-refractivity contribution in [3.05, 3.63) is 0 Å². The monoisotopic (exact) mass is 1830 g/mol. The molecule has 9 aliphatic rings. The van der Waals surface area contributed by atoms with Crippen molar-refractivity contribution >= 4 is 128 Å². The number of phosphoric acid groups is 1. The van der Waals surface area contributed by atoms with Crippen molar-refractivity contribution in [1.82, 2.24) is 10.2 Å². The molecule has 678 valence electrons. The van der Waals surface area contributed by atoms with E-state index in [-0.39, 0.29) is 153 Å². The Morgan fingerprint density at radius 2 is 0.630 bits per heavy atom. The van der Waals surface area contributed by atoms with Gasteiger partial charge in [-0.15, -0.1) is 0 Å². The van der Waals surface area contributed by atoms with Crippen LogP contribution in [0.5, 0.6) is 0 Å².